The summed E-state index contributed by atoms with van der Waals surface area (Å²) in [6.45, 7) is 0. The van der Waals surface area contributed by atoms with E-state index in [1.807, 2.05) is 0 Å². The van der Waals surface area contributed by atoms with Gasteiger partial charge < -0.3 is 0 Å². The van der Waals surface area contributed by atoms with Gasteiger partial charge in [-0.2, -0.15) is 0 Å². The number of hydrogen-bond donors (Lipinski definition) is 0. The van der Waals surface area contributed by atoms with Crippen LogP contribution in [0.15, 0.2) is 85.0 Å². The molecule has 0 aliphatic rings. The highest BCUT2D eigenvalue weighted by molar-refractivity contribution is 5.17. The minimum Gasteiger partial charge on any atom is -0.0842 e. The zero-order valence-electron chi connectivity index (χ0n) is 11.9. The molecule has 0 unspecified atom stereocenters. The van der Waals surface area contributed by atoms with Crippen LogP contribution in [-0.2, 0) is 12.8 Å². The van der Waals surface area contributed by atoms with Gasteiger partial charge in [-0.25, -0.2) is 0 Å². The fourth-order valence-corrected chi connectivity index (χ4v) is 2.14. The lowest BCUT2D eigenvalue weighted by Crippen LogP contribution is -1.81. The Morgan fingerprint density at radius 1 is 0.550 bits per heavy atom. The first-order valence-corrected chi connectivity index (χ1v) is 7.34. The zero-order chi connectivity index (χ0) is 13.9. The molecule has 0 saturated carbocycles. The number of benzene rings is 2. The summed E-state index contributed by atoms with van der Waals surface area (Å²) in [6.07, 6.45) is 13.3. The van der Waals surface area contributed by atoms with Crippen molar-refractivity contribution in [2.75, 3.05) is 0 Å². The van der Waals surface area contributed by atoms with E-state index in [1.54, 1.807) is 0 Å². The Balaban J connectivity index is 1.60. The van der Waals surface area contributed by atoms with Gasteiger partial charge in [-0.15, -0.1) is 0 Å². The van der Waals surface area contributed by atoms with E-state index < -0.39 is 0 Å². The maximum atomic E-state index is 2.24. The lowest BCUT2D eigenvalue weighted by molar-refractivity contribution is 0.995. The van der Waals surface area contributed by atoms with Crippen molar-refractivity contribution in [1.29, 1.82) is 0 Å². The Hall–Kier alpha value is -2.08. The first-order chi connectivity index (χ1) is 9.95. The lowest BCUT2D eigenvalue weighted by atomic mass is 10.1. The van der Waals surface area contributed by atoms with E-state index in [2.05, 4.69) is 85.0 Å². The first-order valence-electron chi connectivity index (χ1n) is 7.34. The second-order valence-corrected chi connectivity index (χ2v) is 4.90. The molecule has 0 nitrogen and oxygen atoms in total. The minimum absolute atomic E-state index is 1.10. The predicted octanol–water partition coefficient (Wildman–Crippen LogP) is 5.36. The molecule has 102 valence electrons. The van der Waals surface area contributed by atoms with Gasteiger partial charge in [0.05, 0.1) is 0 Å². The molecule has 20 heavy (non-hydrogen) atoms. The van der Waals surface area contributed by atoms with Gasteiger partial charge in [0.2, 0.25) is 0 Å². The topological polar surface area (TPSA) is 0 Å². The van der Waals surface area contributed by atoms with E-state index in [9.17, 15) is 0 Å². The van der Waals surface area contributed by atoms with Crippen molar-refractivity contribution in [2.45, 2.75) is 25.7 Å². The summed E-state index contributed by atoms with van der Waals surface area (Å²) in [5.74, 6) is 0. The van der Waals surface area contributed by atoms with Crippen molar-refractivity contribution >= 4 is 0 Å². The van der Waals surface area contributed by atoms with Crippen LogP contribution in [0.4, 0.5) is 0 Å². The normalized spacial score (nSPS) is 11.4. The Labute approximate surface area is 122 Å². The van der Waals surface area contributed by atoms with Crippen LogP contribution in [0.3, 0.4) is 0 Å². The molecule has 0 bridgehead atoms. The van der Waals surface area contributed by atoms with Crippen LogP contribution >= 0.6 is 0 Å². The summed E-state index contributed by atoms with van der Waals surface area (Å²) >= 11 is 0. The van der Waals surface area contributed by atoms with Crippen LogP contribution in [0.25, 0.3) is 0 Å². The molecule has 0 spiro atoms. The SMILES string of the molecule is C(/C=C\CCc1ccccc1)=C/CCc1ccccc1. The van der Waals surface area contributed by atoms with Crippen molar-refractivity contribution in [2.24, 2.45) is 0 Å². The first kappa shape index (κ1) is 14.3. The molecule has 0 fully saturated rings. The number of aryl methyl sites for hydroxylation is 2. The van der Waals surface area contributed by atoms with Crippen LogP contribution < -0.4 is 0 Å². The summed E-state index contributed by atoms with van der Waals surface area (Å²) in [7, 11) is 0. The van der Waals surface area contributed by atoms with Gasteiger partial charge in [0.15, 0.2) is 0 Å². The third-order valence-corrected chi connectivity index (χ3v) is 3.27. The van der Waals surface area contributed by atoms with Crippen molar-refractivity contribution in [1.82, 2.24) is 0 Å². The molecule has 0 radical (unpaired) electrons. The number of allylic oxidation sites excluding steroid dienone is 4. The molecule has 0 atom stereocenters. The summed E-state index contributed by atoms with van der Waals surface area (Å²) < 4.78 is 0. The highest BCUT2D eigenvalue weighted by atomic mass is 13.9. The van der Waals surface area contributed by atoms with E-state index in [0.717, 1.165) is 25.7 Å². The third kappa shape index (κ3) is 5.71. The second kappa shape index (κ2) is 8.92. The maximum absolute atomic E-state index is 2.24. The van der Waals surface area contributed by atoms with Gasteiger partial charge in [-0.3, -0.25) is 0 Å². The van der Waals surface area contributed by atoms with Crippen LogP contribution in [-0.4, -0.2) is 0 Å². The number of rotatable bonds is 7. The molecular weight excluding hydrogens is 240 g/mol. The van der Waals surface area contributed by atoms with Crippen LogP contribution in [0, 0.1) is 0 Å². The Morgan fingerprint density at radius 3 is 1.35 bits per heavy atom. The molecular formula is C20H22. The molecule has 0 heteroatoms. The molecule has 0 heterocycles. The summed E-state index contributed by atoms with van der Waals surface area (Å²) in [5, 5.41) is 0. The predicted molar refractivity (Wildman–Crippen MR) is 87.8 cm³/mol. The molecule has 2 rings (SSSR count). The Morgan fingerprint density at radius 2 is 0.950 bits per heavy atom. The molecule has 2 aromatic carbocycles. The largest absolute Gasteiger partial charge is 0.0842 e. The molecule has 0 aromatic heterocycles. The van der Waals surface area contributed by atoms with Gasteiger partial charge >= 0.3 is 0 Å². The average molecular weight is 262 g/mol. The molecule has 0 N–H and O–H groups in total. The maximum Gasteiger partial charge on any atom is -0.0244 e. The average Bonchev–Trinajstić information content (AvgIpc) is 2.52. The molecule has 0 aliphatic heterocycles. The smallest absolute Gasteiger partial charge is 0.0244 e. The van der Waals surface area contributed by atoms with Crippen molar-refractivity contribution in [3.05, 3.63) is 96.1 Å². The van der Waals surface area contributed by atoms with Gasteiger partial charge in [-0.05, 0) is 36.8 Å². The zero-order valence-corrected chi connectivity index (χ0v) is 11.9. The van der Waals surface area contributed by atoms with Crippen molar-refractivity contribution in [3.63, 3.8) is 0 Å². The van der Waals surface area contributed by atoms with Crippen LogP contribution in [0.1, 0.15) is 24.0 Å². The molecule has 2 aromatic rings. The lowest BCUT2D eigenvalue weighted by Gasteiger charge is -1.96. The van der Waals surface area contributed by atoms with Crippen LogP contribution in [0.2, 0.25) is 0 Å². The van der Waals surface area contributed by atoms with E-state index in [0.29, 0.717) is 0 Å². The van der Waals surface area contributed by atoms with Gasteiger partial charge in [0.1, 0.15) is 0 Å². The standard InChI is InChI=1S/C20H22/c1(3-7-13-19-15-9-5-10-16-19)2-4-8-14-20-17-11-6-12-18-20/h1-6,9-12,15-18H,7-8,13-14H2/b3-1-,4-2-. The van der Waals surface area contributed by atoms with E-state index >= 15 is 0 Å². The quantitative estimate of drug-likeness (QED) is 0.589. The second-order valence-electron chi connectivity index (χ2n) is 4.90. The van der Waals surface area contributed by atoms with E-state index in [-0.39, 0.29) is 0 Å². The van der Waals surface area contributed by atoms with Gasteiger partial charge in [0.25, 0.3) is 0 Å². The van der Waals surface area contributed by atoms with Gasteiger partial charge in [-0.1, -0.05) is 85.0 Å². The minimum atomic E-state index is 1.10. The molecule has 0 saturated heterocycles. The monoisotopic (exact) mass is 262 g/mol. The summed E-state index contributed by atoms with van der Waals surface area (Å²) in [4.78, 5) is 0. The third-order valence-electron chi connectivity index (χ3n) is 3.27. The van der Waals surface area contributed by atoms with Crippen molar-refractivity contribution < 1.29 is 0 Å². The fourth-order valence-electron chi connectivity index (χ4n) is 2.14. The highest BCUT2D eigenvalue weighted by Gasteiger charge is 1.88. The van der Waals surface area contributed by atoms with E-state index in [4.69, 9.17) is 0 Å². The van der Waals surface area contributed by atoms with Gasteiger partial charge in [0, 0.05) is 0 Å². The summed E-state index contributed by atoms with van der Waals surface area (Å²) in [6, 6.07) is 21.3. The van der Waals surface area contributed by atoms with E-state index in [1.165, 1.54) is 11.1 Å². The highest BCUT2D eigenvalue weighted by Crippen LogP contribution is 2.04. The molecule has 0 aliphatic carbocycles. The van der Waals surface area contributed by atoms with Crippen molar-refractivity contribution in [3.8, 4) is 0 Å². The number of hydrogen-bond acceptors (Lipinski definition) is 0. The molecule has 0 amide bonds. The van der Waals surface area contributed by atoms with Crippen LogP contribution in [0.5, 0.6) is 0 Å². The Bertz CT molecular complexity index is 469. The Kier molecular flexibility index (Phi) is 6.40. The summed E-state index contributed by atoms with van der Waals surface area (Å²) in [5.41, 5.74) is 2.82. The fraction of sp³-hybridized carbons (Fsp3) is 0.200.